The lowest BCUT2D eigenvalue weighted by Gasteiger charge is -2.05. The Labute approximate surface area is 111 Å². The summed E-state index contributed by atoms with van der Waals surface area (Å²) in [6.45, 7) is 5.65. The zero-order valence-corrected chi connectivity index (χ0v) is 11.1. The number of benzene rings is 1. The predicted octanol–water partition coefficient (Wildman–Crippen LogP) is 2.78. The molecule has 1 N–H and O–H groups in total. The van der Waals surface area contributed by atoms with Crippen LogP contribution in [0.15, 0.2) is 24.4 Å². The number of rotatable bonds is 5. The topological polar surface area (TPSA) is 29.9 Å². The van der Waals surface area contributed by atoms with Crippen LogP contribution in [-0.2, 0) is 19.6 Å². The van der Waals surface area contributed by atoms with Gasteiger partial charge in [-0.05, 0) is 19.9 Å². The van der Waals surface area contributed by atoms with Gasteiger partial charge in [-0.2, -0.15) is 5.10 Å². The van der Waals surface area contributed by atoms with E-state index in [2.05, 4.69) is 10.4 Å². The van der Waals surface area contributed by atoms with Gasteiger partial charge in [-0.15, -0.1) is 0 Å². The monoisotopic (exact) mass is 265 g/mol. The number of nitrogens with zero attached hydrogens (tertiary/aromatic N) is 2. The zero-order valence-electron chi connectivity index (χ0n) is 11.1. The molecule has 2 aromatic rings. The van der Waals surface area contributed by atoms with Gasteiger partial charge in [0.1, 0.15) is 0 Å². The molecule has 0 aliphatic rings. The molecule has 0 amide bonds. The highest BCUT2D eigenvalue weighted by Gasteiger charge is 2.08. The Morgan fingerprint density at radius 1 is 1.21 bits per heavy atom. The van der Waals surface area contributed by atoms with Crippen LogP contribution < -0.4 is 5.32 Å². The fourth-order valence-corrected chi connectivity index (χ4v) is 1.91. The Morgan fingerprint density at radius 2 is 1.95 bits per heavy atom. The standard InChI is InChI=1S/C14H17F2N3/c1-3-19-9-12(10(2)18-19)8-17-7-11-5-4-6-13(15)14(11)16/h4-6,9,17H,3,7-8H2,1-2H3. The minimum atomic E-state index is -0.811. The highest BCUT2D eigenvalue weighted by molar-refractivity contribution is 5.19. The number of halogens is 2. The van der Waals surface area contributed by atoms with E-state index in [-0.39, 0.29) is 0 Å². The van der Waals surface area contributed by atoms with Crippen molar-refractivity contribution in [3.8, 4) is 0 Å². The molecule has 0 saturated heterocycles. The van der Waals surface area contributed by atoms with Gasteiger partial charge in [0.05, 0.1) is 5.69 Å². The van der Waals surface area contributed by atoms with Crippen LogP contribution in [0.1, 0.15) is 23.7 Å². The summed E-state index contributed by atoms with van der Waals surface area (Å²) in [5.41, 5.74) is 2.35. The molecule has 0 atom stereocenters. The zero-order chi connectivity index (χ0) is 13.8. The predicted molar refractivity (Wildman–Crippen MR) is 69.5 cm³/mol. The molecule has 1 aromatic carbocycles. The summed E-state index contributed by atoms with van der Waals surface area (Å²) in [6, 6.07) is 4.21. The summed E-state index contributed by atoms with van der Waals surface area (Å²) in [6.07, 6.45) is 1.96. The molecular weight excluding hydrogens is 248 g/mol. The van der Waals surface area contributed by atoms with Crippen molar-refractivity contribution in [1.29, 1.82) is 0 Å². The van der Waals surface area contributed by atoms with Gasteiger partial charge in [0.2, 0.25) is 0 Å². The summed E-state index contributed by atoms with van der Waals surface area (Å²) in [7, 11) is 0. The first-order valence-corrected chi connectivity index (χ1v) is 6.28. The van der Waals surface area contributed by atoms with Gasteiger partial charge in [-0.25, -0.2) is 8.78 Å². The van der Waals surface area contributed by atoms with Crippen molar-refractivity contribution >= 4 is 0 Å². The summed E-state index contributed by atoms with van der Waals surface area (Å²) < 4.78 is 28.3. The van der Waals surface area contributed by atoms with E-state index in [1.165, 1.54) is 6.07 Å². The van der Waals surface area contributed by atoms with Crippen molar-refractivity contribution in [3.63, 3.8) is 0 Å². The van der Waals surface area contributed by atoms with Gasteiger partial charge in [0.25, 0.3) is 0 Å². The summed E-state index contributed by atoms with van der Waals surface area (Å²) >= 11 is 0. The normalized spacial score (nSPS) is 10.9. The van der Waals surface area contributed by atoms with Crippen molar-refractivity contribution in [2.75, 3.05) is 0 Å². The average Bonchev–Trinajstić information content (AvgIpc) is 2.75. The minimum Gasteiger partial charge on any atom is -0.308 e. The van der Waals surface area contributed by atoms with Crippen LogP contribution in [0.5, 0.6) is 0 Å². The molecule has 1 heterocycles. The van der Waals surface area contributed by atoms with E-state index in [4.69, 9.17) is 0 Å². The van der Waals surface area contributed by atoms with E-state index in [0.29, 0.717) is 18.7 Å². The van der Waals surface area contributed by atoms with Crippen LogP contribution in [0.25, 0.3) is 0 Å². The first-order valence-electron chi connectivity index (χ1n) is 6.28. The second-order valence-electron chi connectivity index (χ2n) is 4.41. The van der Waals surface area contributed by atoms with Crippen molar-refractivity contribution in [3.05, 3.63) is 52.9 Å². The van der Waals surface area contributed by atoms with E-state index >= 15 is 0 Å². The largest absolute Gasteiger partial charge is 0.308 e. The van der Waals surface area contributed by atoms with Gasteiger partial charge < -0.3 is 5.32 Å². The van der Waals surface area contributed by atoms with Gasteiger partial charge in [-0.3, -0.25) is 4.68 Å². The molecule has 0 aliphatic heterocycles. The lowest BCUT2D eigenvalue weighted by atomic mass is 10.2. The molecule has 0 unspecified atom stereocenters. The highest BCUT2D eigenvalue weighted by atomic mass is 19.2. The molecule has 0 aliphatic carbocycles. The minimum absolute atomic E-state index is 0.292. The van der Waals surface area contributed by atoms with E-state index in [0.717, 1.165) is 23.9 Å². The van der Waals surface area contributed by atoms with Crippen LogP contribution in [-0.4, -0.2) is 9.78 Å². The number of hydrogen-bond acceptors (Lipinski definition) is 2. The van der Waals surface area contributed by atoms with E-state index in [9.17, 15) is 8.78 Å². The molecule has 0 fully saturated rings. The number of nitrogens with one attached hydrogen (secondary N) is 1. The van der Waals surface area contributed by atoms with Crippen LogP contribution in [0.2, 0.25) is 0 Å². The van der Waals surface area contributed by atoms with Gasteiger partial charge in [0, 0.05) is 37.0 Å². The van der Waals surface area contributed by atoms with Crippen LogP contribution >= 0.6 is 0 Å². The average molecular weight is 265 g/mol. The van der Waals surface area contributed by atoms with Gasteiger partial charge >= 0.3 is 0 Å². The van der Waals surface area contributed by atoms with Crippen molar-refractivity contribution < 1.29 is 8.78 Å². The lowest BCUT2D eigenvalue weighted by molar-refractivity contribution is 0.492. The maximum Gasteiger partial charge on any atom is 0.163 e. The fourth-order valence-electron chi connectivity index (χ4n) is 1.91. The van der Waals surface area contributed by atoms with Gasteiger partial charge in [-0.1, -0.05) is 12.1 Å². The summed E-state index contributed by atoms with van der Waals surface area (Å²) in [4.78, 5) is 0. The Bertz CT molecular complexity index is 564. The quantitative estimate of drug-likeness (QED) is 0.901. The Kier molecular flexibility index (Phi) is 4.27. The fraction of sp³-hybridized carbons (Fsp3) is 0.357. The molecule has 3 nitrogen and oxygen atoms in total. The Balaban J connectivity index is 1.96. The molecule has 5 heteroatoms. The third-order valence-corrected chi connectivity index (χ3v) is 3.03. The molecule has 0 spiro atoms. The third kappa shape index (κ3) is 3.17. The Hall–Kier alpha value is -1.75. The van der Waals surface area contributed by atoms with E-state index in [1.54, 1.807) is 6.07 Å². The molecule has 19 heavy (non-hydrogen) atoms. The Morgan fingerprint density at radius 3 is 2.63 bits per heavy atom. The first kappa shape index (κ1) is 13.7. The van der Waals surface area contributed by atoms with E-state index in [1.807, 2.05) is 24.7 Å². The molecule has 0 radical (unpaired) electrons. The van der Waals surface area contributed by atoms with Crippen LogP contribution in [0, 0.1) is 18.6 Å². The van der Waals surface area contributed by atoms with Crippen molar-refractivity contribution in [2.24, 2.45) is 0 Å². The molecule has 1 aromatic heterocycles. The highest BCUT2D eigenvalue weighted by Crippen LogP contribution is 2.11. The number of aryl methyl sites for hydroxylation is 2. The molecule has 2 rings (SSSR count). The molecular formula is C14H17F2N3. The third-order valence-electron chi connectivity index (χ3n) is 3.03. The van der Waals surface area contributed by atoms with E-state index < -0.39 is 11.6 Å². The van der Waals surface area contributed by atoms with Crippen molar-refractivity contribution in [1.82, 2.24) is 15.1 Å². The number of aromatic nitrogens is 2. The number of hydrogen-bond donors (Lipinski definition) is 1. The molecule has 102 valence electrons. The summed E-state index contributed by atoms with van der Waals surface area (Å²) in [5.74, 6) is -1.59. The van der Waals surface area contributed by atoms with Crippen LogP contribution in [0.3, 0.4) is 0 Å². The summed E-state index contributed by atoms with van der Waals surface area (Å²) in [5, 5.41) is 7.43. The maximum atomic E-state index is 13.4. The van der Waals surface area contributed by atoms with Crippen LogP contribution in [0.4, 0.5) is 8.78 Å². The molecule has 0 saturated carbocycles. The van der Waals surface area contributed by atoms with Gasteiger partial charge in [0.15, 0.2) is 11.6 Å². The lowest BCUT2D eigenvalue weighted by Crippen LogP contribution is -2.14. The SMILES string of the molecule is CCn1cc(CNCc2cccc(F)c2F)c(C)n1. The maximum absolute atomic E-state index is 13.4. The smallest absolute Gasteiger partial charge is 0.163 e. The second kappa shape index (κ2) is 5.93. The second-order valence-corrected chi connectivity index (χ2v) is 4.41. The first-order chi connectivity index (χ1) is 9.11. The molecule has 0 bridgehead atoms. The van der Waals surface area contributed by atoms with Crippen molar-refractivity contribution in [2.45, 2.75) is 33.5 Å².